The Bertz CT molecular complexity index is 881. The van der Waals surface area contributed by atoms with Crippen LogP contribution in [-0.4, -0.2) is 53.1 Å². The molecular weight excluding hydrogens is 370 g/mol. The molecule has 29 heavy (non-hydrogen) atoms. The molecule has 1 fully saturated rings. The number of aromatic nitrogens is 1. The second-order valence-corrected chi connectivity index (χ2v) is 7.63. The predicted octanol–water partition coefficient (Wildman–Crippen LogP) is 2.17. The molecule has 152 valence electrons. The van der Waals surface area contributed by atoms with Crippen LogP contribution < -0.4 is 10.1 Å². The summed E-state index contributed by atoms with van der Waals surface area (Å²) in [6.45, 7) is 3.86. The van der Waals surface area contributed by atoms with Gasteiger partial charge < -0.3 is 19.7 Å². The minimum Gasteiger partial charge on any atom is -0.485 e. The number of hydrogen-bond donors (Lipinski definition) is 1. The lowest BCUT2D eigenvalue weighted by atomic mass is 9.93. The molecule has 7 nitrogen and oxygen atoms in total. The number of benzene rings is 1. The van der Waals surface area contributed by atoms with Crippen LogP contribution in [0.3, 0.4) is 0 Å². The summed E-state index contributed by atoms with van der Waals surface area (Å²) in [5.74, 6) is 0.400. The van der Waals surface area contributed by atoms with E-state index < -0.39 is 11.6 Å². The molecule has 4 rings (SSSR count). The second kappa shape index (κ2) is 8.21. The average molecular weight is 395 g/mol. The van der Waals surface area contributed by atoms with Gasteiger partial charge in [-0.2, -0.15) is 0 Å². The topological polar surface area (TPSA) is 80.8 Å². The van der Waals surface area contributed by atoms with E-state index in [2.05, 4.69) is 10.3 Å². The third-order valence-electron chi connectivity index (χ3n) is 5.52. The summed E-state index contributed by atoms with van der Waals surface area (Å²) in [5, 5.41) is 2.81. The van der Waals surface area contributed by atoms with E-state index in [1.807, 2.05) is 24.3 Å². The molecule has 0 aliphatic carbocycles. The number of pyridine rings is 1. The first-order chi connectivity index (χ1) is 14.1. The van der Waals surface area contributed by atoms with Gasteiger partial charge in [0.25, 0.3) is 5.91 Å². The van der Waals surface area contributed by atoms with Crippen molar-refractivity contribution in [2.75, 3.05) is 19.8 Å². The fourth-order valence-electron chi connectivity index (χ4n) is 3.89. The summed E-state index contributed by atoms with van der Waals surface area (Å²) in [5.41, 5.74) is 0.983. The smallest absolute Gasteiger partial charge is 0.252 e. The van der Waals surface area contributed by atoms with Crippen molar-refractivity contribution in [2.24, 2.45) is 0 Å². The average Bonchev–Trinajstić information content (AvgIpc) is 2.90. The van der Waals surface area contributed by atoms with Gasteiger partial charge in [-0.25, -0.2) is 0 Å². The molecule has 1 N–H and O–H groups in total. The quantitative estimate of drug-likeness (QED) is 0.862. The Morgan fingerprint density at radius 3 is 2.62 bits per heavy atom. The van der Waals surface area contributed by atoms with E-state index in [4.69, 9.17) is 9.47 Å². The van der Waals surface area contributed by atoms with Crippen LogP contribution in [0.4, 0.5) is 0 Å². The van der Waals surface area contributed by atoms with Gasteiger partial charge in [0.05, 0.1) is 19.8 Å². The van der Waals surface area contributed by atoms with Gasteiger partial charge in [0.2, 0.25) is 5.91 Å². The fraction of sp³-hybridized carbons (Fsp3) is 0.409. The number of carbonyl (C=O) groups is 2. The molecule has 1 aromatic heterocycles. The van der Waals surface area contributed by atoms with Crippen molar-refractivity contribution in [3.05, 3.63) is 59.9 Å². The minimum absolute atomic E-state index is 0.126. The molecular formula is C22H25N3O4. The molecule has 1 unspecified atom stereocenters. The highest BCUT2D eigenvalue weighted by molar-refractivity contribution is 5.97. The Labute approximate surface area is 170 Å². The molecule has 1 saturated heterocycles. The Kier molecular flexibility index (Phi) is 5.49. The maximum absolute atomic E-state index is 13.3. The first-order valence-electron chi connectivity index (χ1n) is 9.91. The van der Waals surface area contributed by atoms with Crippen LogP contribution in [0.1, 0.15) is 35.7 Å². The molecule has 2 aromatic rings. The monoisotopic (exact) mass is 395 g/mol. The van der Waals surface area contributed by atoms with Crippen LogP contribution in [0.2, 0.25) is 0 Å². The van der Waals surface area contributed by atoms with Crippen molar-refractivity contribution in [2.45, 2.75) is 38.0 Å². The minimum atomic E-state index is -0.655. The Morgan fingerprint density at radius 1 is 1.14 bits per heavy atom. The van der Waals surface area contributed by atoms with Crippen molar-refractivity contribution < 1.29 is 19.1 Å². The van der Waals surface area contributed by atoms with Gasteiger partial charge in [0.1, 0.15) is 17.4 Å². The summed E-state index contributed by atoms with van der Waals surface area (Å²) >= 11 is 0. The number of nitrogens with one attached hydrogen (secondary N) is 1. The largest absolute Gasteiger partial charge is 0.485 e. The maximum atomic E-state index is 13.3. The zero-order valence-electron chi connectivity index (χ0n) is 16.5. The fourth-order valence-corrected chi connectivity index (χ4v) is 3.89. The van der Waals surface area contributed by atoms with Crippen LogP contribution in [0, 0.1) is 0 Å². The van der Waals surface area contributed by atoms with E-state index in [9.17, 15) is 9.59 Å². The second-order valence-electron chi connectivity index (χ2n) is 7.63. The molecule has 0 saturated carbocycles. The molecule has 2 aliphatic heterocycles. The highest BCUT2D eigenvalue weighted by Crippen LogP contribution is 2.35. The number of ether oxygens (including phenoxy) is 2. The molecule has 7 heteroatoms. The summed E-state index contributed by atoms with van der Waals surface area (Å²) in [4.78, 5) is 31.4. The number of carbonyl (C=O) groups excluding carboxylic acids is 2. The number of para-hydroxylation sites is 1. The normalized spacial score (nSPS) is 18.9. The van der Waals surface area contributed by atoms with Crippen molar-refractivity contribution in [1.29, 1.82) is 0 Å². The number of rotatable bonds is 3. The van der Waals surface area contributed by atoms with Gasteiger partial charge in [0.15, 0.2) is 0 Å². The lowest BCUT2D eigenvalue weighted by molar-refractivity contribution is -0.138. The van der Waals surface area contributed by atoms with Crippen molar-refractivity contribution in [3.8, 4) is 5.75 Å². The maximum Gasteiger partial charge on any atom is 0.252 e. The lowest BCUT2D eigenvalue weighted by Crippen LogP contribution is -2.54. The van der Waals surface area contributed by atoms with Gasteiger partial charge >= 0.3 is 0 Å². The molecule has 1 atom stereocenters. The standard InChI is InChI=1S/C22H25N3O4/c1-16(24-20(26)17-6-10-23-11-7-17)21(27)25-14-18-4-2-3-5-19(18)29-22(15-25)8-12-28-13-9-22/h2-7,10-11,16H,8-9,12-15H2,1H3,(H,24,26). The molecule has 3 heterocycles. The first kappa shape index (κ1) is 19.4. The third-order valence-corrected chi connectivity index (χ3v) is 5.52. The highest BCUT2D eigenvalue weighted by Gasteiger charge is 2.41. The molecule has 0 bridgehead atoms. The highest BCUT2D eigenvalue weighted by atomic mass is 16.5. The summed E-state index contributed by atoms with van der Waals surface area (Å²) in [6, 6.07) is 10.4. The van der Waals surface area contributed by atoms with Crippen molar-refractivity contribution >= 4 is 11.8 Å². The summed E-state index contributed by atoms with van der Waals surface area (Å²) < 4.78 is 12.0. The zero-order valence-corrected chi connectivity index (χ0v) is 16.5. The van der Waals surface area contributed by atoms with Crippen LogP contribution in [0.25, 0.3) is 0 Å². The van der Waals surface area contributed by atoms with E-state index in [0.29, 0.717) is 31.9 Å². The molecule has 1 aromatic carbocycles. The van der Waals surface area contributed by atoms with E-state index in [1.165, 1.54) is 0 Å². The summed E-state index contributed by atoms with van der Waals surface area (Å²) in [6.07, 6.45) is 4.56. The van der Waals surface area contributed by atoms with E-state index >= 15 is 0 Å². The Morgan fingerprint density at radius 2 is 1.86 bits per heavy atom. The molecule has 0 radical (unpaired) electrons. The van der Waals surface area contributed by atoms with Crippen LogP contribution >= 0.6 is 0 Å². The predicted molar refractivity (Wildman–Crippen MR) is 106 cm³/mol. The lowest BCUT2D eigenvalue weighted by Gasteiger charge is -2.39. The van der Waals surface area contributed by atoms with Gasteiger partial charge in [-0.15, -0.1) is 0 Å². The summed E-state index contributed by atoms with van der Waals surface area (Å²) in [7, 11) is 0. The number of nitrogens with zero attached hydrogens (tertiary/aromatic N) is 2. The SMILES string of the molecule is CC(NC(=O)c1ccncc1)C(=O)N1Cc2ccccc2OC2(CCOCC2)C1. The molecule has 2 aliphatic rings. The van der Waals surface area contributed by atoms with Gasteiger partial charge in [-0.05, 0) is 25.1 Å². The van der Waals surface area contributed by atoms with Crippen molar-refractivity contribution in [3.63, 3.8) is 0 Å². The van der Waals surface area contributed by atoms with Crippen molar-refractivity contribution in [1.82, 2.24) is 15.2 Å². The van der Waals surface area contributed by atoms with E-state index in [0.717, 1.165) is 24.2 Å². The zero-order chi connectivity index (χ0) is 20.3. The third kappa shape index (κ3) is 4.24. The van der Waals surface area contributed by atoms with Crippen LogP contribution in [-0.2, 0) is 16.1 Å². The number of fused-ring (bicyclic) bond motifs is 1. The molecule has 1 spiro atoms. The number of amides is 2. The Hall–Kier alpha value is -2.93. The van der Waals surface area contributed by atoms with E-state index in [1.54, 1.807) is 36.4 Å². The van der Waals surface area contributed by atoms with Gasteiger partial charge in [-0.1, -0.05) is 18.2 Å². The van der Waals surface area contributed by atoms with Gasteiger partial charge in [0, 0.05) is 42.9 Å². The number of hydrogen-bond acceptors (Lipinski definition) is 5. The van der Waals surface area contributed by atoms with Crippen LogP contribution in [0.15, 0.2) is 48.8 Å². The first-order valence-corrected chi connectivity index (χ1v) is 9.91. The van der Waals surface area contributed by atoms with Gasteiger partial charge in [-0.3, -0.25) is 14.6 Å². The molecule has 2 amide bonds. The Balaban J connectivity index is 1.54. The van der Waals surface area contributed by atoms with E-state index in [-0.39, 0.29) is 11.8 Å². The van der Waals surface area contributed by atoms with Crippen LogP contribution in [0.5, 0.6) is 5.75 Å².